The van der Waals surface area contributed by atoms with Crippen molar-refractivity contribution in [2.75, 3.05) is 23.3 Å². The van der Waals surface area contributed by atoms with Gasteiger partial charge in [-0.15, -0.1) is 0 Å². The molecule has 4 rings (SSSR count). The van der Waals surface area contributed by atoms with Crippen LogP contribution in [0.25, 0.3) is 0 Å². The van der Waals surface area contributed by atoms with Crippen molar-refractivity contribution in [2.45, 2.75) is 32.2 Å². The number of amides is 1. The lowest BCUT2D eigenvalue weighted by molar-refractivity contribution is -0.121. The molecular formula is C23H26N6O. The van der Waals surface area contributed by atoms with Crippen LogP contribution in [0.3, 0.4) is 0 Å². The fourth-order valence-electron chi connectivity index (χ4n) is 3.52. The smallest absolute Gasteiger partial charge is 0.227 e. The third-order valence-corrected chi connectivity index (χ3v) is 5.18. The summed E-state index contributed by atoms with van der Waals surface area (Å²) in [5, 5.41) is 6.46. The predicted octanol–water partition coefficient (Wildman–Crippen LogP) is 3.25. The zero-order valence-corrected chi connectivity index (χ0v) is 17.1. The molecule has 1 amide bonds. The number of pyridine rings is 1. The fraction of sp³-hybridized carbons (Fsp3) is 0.304. The Labute approximate surface area is 176 Å². The van der Waals surface area contributed by atoms with E-state index in [4.69, 9.17) is 0 Å². The number of hydrogen-bond acceptors (Lipinski definition) is 6. The monoisotopic (exact) mass is 402 g/mol. The van der Waals surface area contributed by atoms with E-state index >= 15 is 0 Å². The largest absolute Gasteiger partial charge is 0.353 e. The highest BCUT2D eigenvalue weighted by atomic mass is 16.1. The van der Waals surface area contributed by atoms with Gasteiger partial charge in [0.25, 0.3) is 0 Å². The lowest BCUT2D eigenvalue weighted by Gasteiger charge is -2.32. The first-order valence-electron chi connectivity index (χ1n) is 10.3. The summed E-state index contributed by atoms with van der Waals surface area (Å²) in [5.41, 5.74) is 3.01. The number of nitrogens with zero attached hydrogens (tertiary/aromatic N) is 4. The van der Waals surface area contributed by atoms with Crippen LogP contribution >= 0.6 is 0 Å². The quantitative estimate of drug-likeness (QED) is 0.659. The van der Waals surface area contributed by atoms with E-state index in [2.05, 4.69) is 49.5 Å². The van der Waals surface area contributed by atoms with Crippen LogP contribution in [0.1, 0.15) is 24.1 Å². The number of carbonyl (C=O) groups excluding carboxylic acids is 1. The highest BCUT2D eigenvalue weighted by molar-refractivity contribution is 5.78. The van der Waals surface area contributed by atoms with E-state index in [0.717, 1.165) is 43.1 Å². The summed E-state index contributed by atoms with van der Waals surface area (Å²) >= 11 is 0. The number of piperidine rings is 1. The summed E-state index contributed by atoms with van der Waals surface area (Å²) in [5.74, 6) is 1.51. The summed E-state index contributed by atoms with van der Waals surface area (Å²) in [6.45, 7) is 3.68. The molecule has 3 heterocycles. The van der Waals surface area contributed by atoms with Crippen LogP contribution in [0.4, 0.5) is 17.5 Å². The SMILES string of the molecule is Cc1ccc(Nc2ccnc(N3CCC(NC(=O)Cc4ccccn4)CC3)n2)cc1. The molecule has 1 saturated heterocycles. The molecule has 0 radical (unpaired) electrons. The van der Waals surface area contributed by atoms with Crippen LogP contribution in [0.2, 0.25) is 0 Å². The molecule has 0 saturated carbocycles. The van der Waals surface area contributed by atoms with Gasteiger partial charge in [-0.25, -0.2) is 4.98 Å². The van der Waals surface area contributed by atoms with Crippen LogP contribution < -0.4 is 15.5 Å². The summed E-state index contributed by atoms with van der Waals surface area (Å²) in [6, 6.07) is 15.9. The van der Waals surface area contributed by atoms with E-state index in [1.165, 1.54) is 5.56 Å². The first-order valence-corrected chi connectivity index (χ1v) is 10.3. The number of hydrogen-bond donors (Lipinski definition) is 2. The van der Waals surface area contributed by atoms with Crippen molar-refractivity contribution in [3.05, 3.63) is 72.2 Å². The van der Waals surface area contributed by atoms with Gasteiger partial charge in [-0.1, -0.05) is 23.8 Å². The minimum Gasteiger partial charge on any atom is -0.353 e. The molecule has 2 aromatic heterocycles. The standard InChI is InChI=1S/C23H26N6O/c1-17-5-7-18(8-6-17)26-21-9-13-25-23(28-21)29-14-10-19(11-15-29)27-22(30)16-20-4-2-3-12-24-20/h2-9,12-13,19H,10-11,14-16H2,1H3,(H,27,30)(H,25,26,28). The zero-order chi connectivity index (χ0) is 20.8. The molecule has 0 spiro atoms. The Bertz CT molecular complexity index is 968. The van der Waals surface area contributed by atoms with Gasteiger partial charge in [-0.05, 0) is 50.1 Å². The van der Waals surface area contributed by atoms with Crippen molar-refractivity contribution >= 4 is 23.4 Å². The second-order valence-corrected chi connectivity index (χ2v) is 7.56. The number of carbonyl (C=O) groups is 1. The third-order valence-electron chi connectivity index (χ3n) is 5.18. The van der Waals surface area contributed by atoms with Gasteiger partial charge < -0.3 is 15.5 Å². The molecule has 1 fully saturated rings. The number of anilines is 3. The average Bonchev–Trinajstić information content (AvgIpc) is 2.77. The number of aryl methyl sites for hydroxylation is 1. The average molecular weight is 403 g/mol. The van der Waals surface area contributed by atoms with Gasteiger partial charge in [0.15, 0.2) is 0 Å². The van der Waals surface area contributed by atoms with Gasteiger partial charge in [-0.3, -0.25) is 9.78 Å². The molecule has 1 aliphatic heterocycles. The molecule has 3 aromatic rings. The molecular weight excluding hydrogens is 376 g/mol. The maximum atomic E-state index is 12.3. The Morgan fingerprint density at radius 1 is 1.03 bits per heavy atom. The van der Waals surface area contributed by atoms with Crippen molar-refractivity contribution in [3.63, 3.8) is 0 Å². The van der Waals surface area contributed by atoms with Gasteiger partial charge >= 0.3 is 0 Å². The maximum absolute atomic E-state index is 12.3. The van der Waals surface area contributed by atoms with E-state index in [-0.39, 0.29) is 11.9 Å². The van der Waals surface area contributed by atoms with Crippen molar-refractivity contribution in [1.29, 1.82) is 0 Å². The molecule has 7 heteroatoms. The molecule has 7 nitrogen and oxygen atoms in total. The molecule has 0 bridgehead atoms. The van der Waals surface area contributed by atoms with Gasteiger partial charge in [0, 0.05) is 42.9 Å². The van der Waals surface area contributed by atoms with Crippen molar-refractivity contribution < 1.29 is 4.79 Å². The number of nitrogens with one attached hydrogen (secondary N) is 2. The summed E-state index contributed by atoms with van der Waals surface area (Å²) < 4.78 is 0. The van der Waals surface area contributed by atoms with Crippen molar-refractivity contribution in [1.82, 2.24) is 20.3 Å². The molecule has 154 valence electrons. The molecule has 1 aliphatic rings. The van der Waals surface area contributed by atoms with Crippen LogP contribution in [0.15, 0.2) is 60.9 Å². The summed E-state index contributed by atoms with van der Waals surface area (Å²) in [7, 11) is 0. The molecule has 0 unspecified atom stereocenters. The van der Waals surface area contributed by atoms with Crippen LogP contribution in [-0.4, -0.2) is 40.0 Å². The summed E-state index contributed by atoms with van der Waals surface area (Å²) in [6.07, 6.45) is 5.54. The maximum Gasteiger partial charge on any atom is 0.227 e. The van der Waals surface area contributed by atoms with Gasteiger partial charge in [0.1, 0.15) is 5.82 Å². The zero-order valence-electron chi connectivity index (χ0n) is 17.1. The lowest BCUT2D eigenvalue weighted by Crippen LogP contribution is -2.45. The second kappa shape index (κ2) is 9.35. The van der Waals surface area contributed by atoms with Gasteiger partial charge in [0.05, 0.1) is 6.42 Å². The van der Waals surface area contributed by atoms with Crippen LogP contribution in [0, 0.1) is 6.92 Å². The van der Waals surface area contributed by atoms with E-state index in [1.54, 1.807) is 12.4 Å². The topological polar surface area (TPSA) is 83.0 Å². The third kappa shape index (κ3) is 5.31. The van der Waals surface area contributed by atoms with E-state index in [1.807, 2.05) is 36.4 Å². The molecule has 30 heavy (non-hydrogen) atoms. The Kier molecular flexibility index (Phi) is 6.17. The highest BCUT2D eigenvalue weighted by Crippen LogP contribution is 2.20. The highest BCUT2D eigenvalue weighted by Gasteiger charge is 2.22. The first-order chi connectivity index (χ1) is 14.7. The van der Waals surface area contributed by atoms with E-state index in [9.17, 15) is 4.79 Å². The first kappa shape index (κ1) is 19.8. The fourth-order valence-corrected chi connectivity index (χ4v) is 3.52. The van der Waals surface area contributed by atoms with Crippen LogP contribution in [0.5, 0.6) is 0 Å². The number of rotatable bonds is 6. The Morgan fingerprint density at radius 3 is 2.57 bits per heavy atom. The molecule has 0 aliphatic carbocycles. The Morgan fingerprint density at radius 2 is 1.83 bits per heavy atom. The molecule has 1 aromatic carbocycles. The normalized spacial score (nSPS) is 14.4. The molecule has 0 atom stereocenters. The Balaban J connectivity index is 1.29. The van der Waals surface area contributed by atoms with E-state index in [0.29, 0.717) is 12.4 Å². The number of benzene rings is 1. The van der Waals surface area contributed by atoms with Crippen molar-refractivity contribution in [2.24, 2.45) is 0 Å². The van der Waals surface area contributed by atoms with Crippen LogP contribution in [-0.2, 0) is 11.2 Å². The van der Waals surface area contributed by atoms with Gasteiger partial charge in [-0.2, -0.15) is 4.98 Å². The van der Waals surface area contributed by atoms with E-state index < -0.39 is 0 Å². The minimum atomic E-state index is 0.0210. The second-order valence-electron chi connectivity index (χ2n) is 7.56. The van der Waals surface area contributed by atoms with Gasteiger partial charge in [0.2, 0.25) is 11.9 Å². The molecule has 2 N–H and O–H groups in total. The summed E-state index contributed by atoms with van der Waals surface area (Å²) in [4.78, 5) is 27.8. The predicted molar refractivity (Wildman–Crippen MR) is 118 cm³/mol. The number of aromatic nitrogens is 3. The van der Waals surface area contributed by atoms with Crippen molar-refractivity contribution in [3.8, 4) is 0 Å². The minimum absolute atomic E-state index is 0.0210. The Hall–Kier alpha value is -3.48. The lowest BCUT2D eigenvalue weighted by atomic mass is 10.0.